The van der Waals surface area contributed by atoms with Gasteiger partial charge in [0.1, 0.15) is 6.04 Å². The Kier molecular flexibility index (Phi) is 9.43. The van der Waals surface area contributed by atoms with Crippen LogP contribution in [0.15, 0.2) is 30.3 Å². The third-order valence-electron chi connectivity index (χ3n) is 6.69. The van der Waals surface area contributed by atoms with Crippen molar-refractivity contribution in [2.75, 3.05) is 6.54 Å². The third kappa shape index (κ3) is 7.52. The van der Waals surface area contributed by atoms with Gasteiger partial charge in [-0.05, 0) is 49.1 Å². The first kappa shape index (κ1) is 28.3. The lowest BCUT2D eigenvalue weighted by Crippen LogP contribution is -2.56. The van der Waals surface area contributed by atoms with Crippen molar-refractivity contribution in [3.63, 3.8) is 0 Å². The summed E-state index contributed by atoms with van der Waals surface area (Å²) in [6.07, 6.45) is 0.918. The van der Waals surface area contributed by atoms with Gasteiger partial charge in [0.2, 0.25) is 17.7 Å². The van der Waals surface area contributed by atoms with Gasteiger partial charge in [0.25, 0.3) is 5.91 Å². The second kappa shape index (κ2) is 11.7. The Labute approximate surface area is 207 Å². The van der Waals surface area contributed by atoms with Crippen LogP contribution in [0, 0.1) is 22.7 Å². The lowest BCUT2D eigenvalue weighted by Gasteiger charge is -2.32. The van der Waals surface area contributed by atoms with E-state index < -0.39 is 22.8 Å². The maximum Gasteiger partial charge on any atom is 0.251 e. The first-order chi connectivity index (χ1) is 16.3. The predicted molar refractivity (Wildman–Crippen MR) is 132 cm³/mol. The molecule has 0 radical (unpaired) electrons. The normalized spacial score (nSPS) is 21.0. The van der Waals surface area contributed by atoms with E-state index in [1.165, 1.54) is 0 Å². The summed E-state index contributed by atoms with van der Waals surface area (Å²) in [5.41, 5.74) is 0.684. The van der Waals surface area contributed by atoms with Crippen molar-refractivity contribution >= 4 is 23.6 Å². The quantitative estimate of drug-likeness (QED) is 0.241. The third-order valence-corrected chi connectivity index (χ3v) is 6.69. The van der Waals surface area contributed by atoms with E-state index in [4.69, 9.17) is 5.21 Å². The van der Waals surface area contributed by atoms with Gasteiger partial charge in [-0.3, -0.25) is 24.4 Å². The minimum atomic E-state index is -0.930. The van der Waals surface area contributed by atoms with Gasteiger partial charge in [0, 0.05) is 24.6 Å². The fourth-order valence-electron chi connectivity index (χ4n) is 4.51. The summed E-state index contributed by atoms with van der Waals surface area (Å²) in [7, 11) is 0. The maximum atomic E-state index is 13.3. The number of benzene rings is 1. The van der Waals surface area contributed by atoms with Gasteiger partial charge >= 0.3 is 0 Å². The van der Waals surface area contributed by atoms with E-state index in [0.717, 1.165) is 0 Å². The molecular weight excluding hydrogens is 448 g/mol. The number of hydroxylamine groups is 1. The molecule has 0 aliphatic heterocycles. The Hall–Kier alpha value is -2.94. The molecule has 5 N–H and O–H groups in total. The molecule has 35 heavy (non-hydrogen) atoms. The van der Waals surface area contributed by atoms with Crippen molar-refractivity contribution in [2.45, 2.75) is 72.9 Å². The number of amides is 4. The molecule has 0 bridgehead atoms. The molecule has 4 amide bonds. The van der Waals surface area contributed by atoms with Crippen LogP contribution in [0.5, 0.6) is 0 Å². The summed E-state index contributed by atoms with van der Waals surface area (Å²) < 4.78 is 0. The van der Waals surface area contributed by atoms with E-state index in [1.54, 1.807) is 29.7 Å². The summed E-state index contributed by atoms with van der Waals surface area (Å²) >= 11 is 0. The molecule has 3 unspecified atom stereocenters. The van der Waals surface area contributed by atoms with Crippen molar-refractivity contribution in [2.24, 2.45) is 22.7 Å². The molecule has 1 aromatic rings. The maximum absolute atomic E-state index is 13.3. The van der Waals surface area contributed by atoms with E-state index in [2.05, 4.69) is 16.0 Å². The molecule has 1 saturated carbocycles. The molecule has 1 aliphatic carbocycles. The topological polar surface area (TPSA) is 137 Å². The molecule has 9 nitrogen and oxygen atoms in total. The molecule has 2 rings (SSSR count). The number of nitrogens with one attached hydrogen (secondary N) is 4. The highest BCUT2D eigenvalue weighted by Gasteiger charge is 2.62. The standard InChI is InChI=1S/C26H40N4O5/c1-16(2)19-14-26(19,15-20(31)30-35)24(34)29-21(25(4,5)6)23(33)27-13-12-17(3)28-22(32)18-10-8-7-9-11-18/h7-11,16-17,19,21,35H,12-15H2,1-6H3,(H,27,33)(H,28,32)(H,29,34)(H,30,31)/t17?,19?,21-,26?/m1/s1. The van der Waals surface area contributed by atoms with Crippen LogP contribution < -0.4 is 21.4 Å². The van der Waals surface area contributed by atoms with Gasteiger partial charge in [-0.25, -0.2) is 5.48 Å². The Morgan fingerprint density at radius 3 is 2.20 bits per heavy atom. The Morgan fingerprint density at radius 1 is 1.06 bits per heavy atom. The summed E-state index contributed by atoms with van der Waals surface area (Å²) in [6.45, 7) is 11.8. The first-order valence-corrected chi connectivity index (χ1v) is 12.2. The van der Waals surface area contributed by atoms with Gasteiger partial charge < -0.3 is 16.0 Å². The minimum absolute atomic E-state index is 0.00226. The van der Waals surface area contributed by atoms with Crippen LogP contribution in [-0.4, -0.2) is 47.5 Å². The van der Waals surface area contributed by atoms with E-state index >= 15 is 0 Å². The van der Waals surface area contributed by atoms with Crippen LogP contribution in [0.3, 0.4) is 0 Å². The zero-order valence-corrected chi connectivity index (χ0v) is 21.6. The van der Waals surface area contributed by atoms with Gasteiger partial charge in [-0.2, -0.15) is 0 Å². The molecule has 1 aliphatic rings. The van der Waals surface area contributed by atoms with E-state index in [0.29, 0.717) is 24.9 Å². The van der Waals surface area contributed by atoms with Crippen molar-refractivity contribution in [3.8, 4) is 0 Å². The molecule has 194 valence electrons. The summed E-state index contributed by atoms with van der Waals surface area (Å²) in [4.78, 5) is 50.5. The SMILES string of the molecule is CC(CCNC(=O)[C@@H](NC(=O)C1(CC(=O)NO)CC1C(C)C)C(C)(C)C)NC(=O)c1ccccc1. The van der Waals surface area contributed by atoms with Gasteiger partial charge in [-0.1, -0.05) is 52.8 Å². The fraction of sp³-hybridized carbons (Fsp3) is 0.615. The van der Waals surface area contributed by atoms with Crippen molar-refractivity contribution < 1.29 is 24.4 Å². The lowest BCUT2D eigenvalue weighted by atomic mass is 9.84. The zero-order chi connectivity index (χ0) is 26.4. The number of carbonyl (C=O) groups excluding carboxylic acids is 4. The average Bonchev–Trinajstić information content (AvgIpc) is 3.52. The van der Waals surface area contributed by atoms with E-state index in [9.17, 15) is 19.2 Å². The van der Waals surface area contributed by atoms with Crippen LogP contribution in [0.2, 0.25) is 0 Å². The monoisotopic (exact) mass is 488 g/mol. The van der Waals surface area contributed by atoms with Crippen LogP contribution in [0.4, 0.5) is 0 Å². The van der Waals surface area contributed by atoms with Crippen molar-refractivity contribution in [1.82, 2.24) is 21.4 Å². The van der Waals surface area contributed by atoms with E-state index in [-0.39, 0.29) is 42.0 Å². The fourth-order valence-corrected chi connectivity index (χ4v) is 4.51. The molecule has 9 heteroatoms. The molecular formula is C26H40N4O5. The Morgan fingerprint density at radius 2 is 1.69 bits per heavy atom. The van der Waals surface area contributed by atoms with Gasteiger partial charge in [0.05, 0.1) is 5.41 Å². The highest BCUT2D eigenvalue weighted by Crippen LogP contribution is 2.59. The Balaban J connectivity index is 1.96. The highest BCUT2D eigenvalue weighted by atomic mass is 16.5. The van der Waals surface area contributed by atoms with Crippen molar-refractivity contribution in [1.29, 1.82) is 0 Å². The van der Waals surface area contributed by atoms with Gasteiger partial charge in [0.15, 0.2) is 0 Å². The van der Waals surface area contributed by atoms with Crippen LogP contribution >= 0.6 is 0 Å². The highest BCUT2D eigenvalue weighted by molar-refractivity contribution is 5.95. The van der Waals surface area contributed by atoms with E-state index in [1.807, 2.05) is 47.6 Å². The number of hydrogen-bond donors (Lipinski definition) is 5. The lowest BCUT2D eigenvalue weighted by molar-refractivity contribution is -0.139. The molecule has 0 saturated heterocycles. The molecule has 1 aromatic carbocycles. The van der Waals surface area contributed by atoms with Crippen LogP contribution in [-0.2, 0) is 14.4 Å². The summed E-state index contributed by atoms with van der Waals surface area (Å²) in [5.74, 6) is -1.29. The van der Waals surface area contributed by atoms with Crippen molar-refractivity contribution in [3.05, 3.63) is 35.9 Å². The van der Waals surface area contributed by atoms with Crippen LogP contribution in [0.1, 0.15) is 71.2 Å². The number of hydrogen-bond acceptors (Lipinski definition) is 5. The smallest absolute Gasteiger partial charge is 0.251 e. The molecule has 0 spiro atoms. The number of rotatable bonds is 11. The number of carbonyl (C=O) groups is 4. The largest absolute Gasteiger partial charge is 0.354 e. The van der Waals surface area contributed by atoms with Gasteiger partial charge in [-0.15, -0.1) is 0 Å². The second-order valence-electron chi connectivity index (χ2n) is 11.0. The molecule has 0 heterocycles. The second-order valence-corrected chi connectivity index (χ2v) is 11.0. The summed E-state index contributed by atoms with van der Waals surface area (Å²) in [5, 5.41) is 17.6. The molecule has 1 fully saturated rings. The average molecular weight is 489 g/mol. The Bertz CT molecular complexity index is 912. The van der Waals surface area contributed by atoms with Crippen LogP contribution in [0.25, 0.3) is 0 Å². The zero-order valence-electron chi connectivity index (χ0n) is 21.6. The molecule has 4 atom stereocenters. The predicted octanol–water partition coefficient (Wildman–Crippen LogP) is 2.40. The minimum Gasteiger partial charge on any atom is -0.354 e. The first-order valence-electron chi connectivity index (χ1n) is 12.2. The summed E-state index contributed by atoms with van der Waals surface area (Å²) in [6, 6.07) is 7.94. The molecule has 0 aromatic heterocycles.